The second kappa shape index (κ2) is 4.96. The molecule has 0 aliphatic carbocycles. The van der Waals surface area contributed by atoms with Crippen LogP contribution in [0.3, 0.4) is 0 Å². The Kier molecular flexibility index (Phi) is 4.23. The molecule has 0 radical (unpaired) electrons. The lowest BCUT2D eigenvalue weighted by molar-refractivity contribution is 0.552. The maximum Gasteiger partial charge on any atom is 0.210 e. The van der Waals surface area contributed by atoms with Crippen LogP contribution in [0.25, 0.3) is 0 Å². The number of nitrogens with two attached hydrogens (primary N) is 1. The Labute approximate surface area is 106 Å². The van der Waals surface area contributed by atoms with Crippen molar-refractivity contribution in [3.05, 3.63) is 22.6 Å². The van der Waals surface area contributed by atoms with E-state index < -0.39 is 42.2 Å². The molecule has 6 nitrogen and oxygen atoms in total. The highest BCUT2D eigenvalue weighted by atomic mass is 79.9. The quantitative estimate of drug-likeness (QED) is 0.828. The molecule has 0 bridgehead atoms. The summed E-state index contributed by atoms with van der Waals surface area (Å²) in [6.07, 6.45) is 1.10. The van der Waals surface area contributed by atoms with Crippen molar-refractivity contribution in [3.8, 4) is 0 Å². The van der Waals surface area contributed by atoms with Crippen molar-refractivity contribution in [1.29, 1.82) is 0 Å². The summed E-state index contributed by atoms with van der Waals surface area (Å²) >= 11 is 2.92. The average Bonchev–Trinajstić information content (AvgIpc) is 2.13. The van der Waals surface area contributed by atoms with Gasteiger partial charge in [0.1, 0.15) is 0 Å². The van der Waals surface area contributed by atoms with Crippen LogP contribution in [0, 0.1) is 5.82 Å². The van der Waals surface area contributed by atoms with Gasteiger partial charge in [0.15, 0.2) is 20.7 Å². The van der Waals surface area contributed by atoms with Gasteiger partial charge in [-0.05, 0) is 22.0 Å². The van der Waals surface area contributed by atoms with Gasteiger partial charge in [-0.3, -0.25) is 0 Å². The molecular formula is C7H8BrFN2O4S2. The Bertz CT molecular complexity index is 629. The molecule has 0 saturated heterocycles. The summed E-state index contributed by atoms with van der Waals surface area (Å²) < 4.78 is 58.0. The van der Waals surface area contributed by atoms with E-state index in [0.717, 1.165) is 12.3 Å². The molecule has 1 aromatic heterocycles. The first kappa shape index (κ1) is 14.5. The van der Waals surface area contributed by atoms with Crippen LogP contribution in [0.2, 0.25) is 0 Å². The third-order valence-corrected chi connectivity index (χ3v) is 4.80. The predicted molar refractivity (Wildman–Crippen MR) is 61.9 cm³/mol. The SMILES string of the molecule is NS(=O)(=O)CCS(=O)(=O)c1ncc(Br)cc1F. The summed E-state index contributed by atoms with van der Waals surface area (Å²) in [4.78, 5) is 3.40. The minimum Gasteiger partial charge on any atom is -0.241 e. The lowest BCUT2D eigenvalue weighted by Crippen LogP contribution is -2.24. The predicted octanol–water partition coefficient (Wildman–Crippen LogP) is 0.0454. The van der Waals surface area contributed by atoms with Crippen molar-refractivity contribution in [1.82, 2.24) is 4.98 Å². The number of hydrogen-bond acceptors (Lipinski definition) is 5. The second-order valence-corrected chi connectivity index (χ2v) is 7.80. The molecule has 0 aliphatic heterocycles. The number of hydrogen-bond donors (Lipinski definition) is 1. The molecule has 0 aliphatic rings. The summed E-state index contributed by atoms with van der Waals surface area (Å²) in [5.41, 5.74) is 0. The van der Waals surface area contributed by atoms with E-state index in [-0.39, 0.29) is 4.47 Å². The number of primary sulfonamides is 1. The number of halogens is 2. The number of sulfonamides is 1. The summed E-state index contributed by atoms with van der Waals surface area (Å²) in [5, 5.41) is 3.88. The van der Waals surface area contributed by atoms with Crippen LogP contribution in [0.4, 0.5) is 4.39 Å². The molecule has 1 rings (SSSR count). The van der Waals surface area contributed by atoms with Gasteiger partial charge in [0.05, 0.1) is 11.5 Å². The summed E-state index contributed by atoms with van der Waals surface area (Å²) in [5.74, 6) is -2.64. The van der Waals surface area contributed by atoms with E-state index >= 15 is 0 Å². The molecule has 0 atom stereocenters. The Hall–Kier alpha value is -0.580. The highest BCUT2D eigenvalue weighted by Gasteiger charge is 2.23. The van der Waals surface area contributed by atoms with Gasteiger partial charge in [-0.25, -0.2) is 31.3 Å². The van der Waals surface area contributed by atoms with E-state index in [0.29, 0.717) is 0 Å². The van der Waals surface area contributed by atoms with E-state index in [1.165, 1.54) is 0 Å². The molecular weight excluding hydrogens is 339 g/mol. The number of sulfone groups is 1. The molecule has 1 aromatic rings. The zero-order valence-electron chi connectivity index (χ0n) is 8.30. The molecule has 0 fully saturated rings. The van der Waals surface area contributed by atoms with Crippen LogP contribution >= 0.6 is 15.9 Å². The maximum absolute atomic E-state index is 13.3. The molecule has 96 valence electrons. The van der Waals surface area contributed by atoms with Crippen molar-refractivity contribution in [3.63, 3.8) is 0 Å². The van der Waals surface area contributed by atoms with E-state index in [1.807, 2.05) is 0 Å². The second-order valence-electron chi connectivity index (χ2n) is 3.13. The lowest BCUT2D eigenvalue weighted by atomic mass is 10.5. The standard InChI is InChI=1S/C7H8BrFN2O4S2/c8-5-3-6(9)7(11-4-5)16(12,13)1-2-17(10,14)15/h3-4H,1-2H2,(H2,10,14,15). The minimum atomic E-state index is -4.11. The molecule has 0 aromatic carbocycles. The molecule has 17 heavy (non-hydrogen) atoms. The fraction of sp³-hybridized carbons (Fsp3) is 0.286. The van der Waals surface area contributed by atoms with Crippen molar-refractivity contribution in [2.45, 2.75) is 5.03 Å². The highest BCUT2D eigenvalue weighted by Crippen LogP contribution is 2.17. The van der Waals surface area contributed by atoms with Crippen molar-refractivity contribution >= 4 is 35.8 Å². The zero-order valence-corrected chi connectivity index (χ0v) is 11.5. The normalized spacial score (nSPS) is 12.6. The molecule has 0 amide bonds. The molecule has 0 unspecified atom stereocenters. The molecule has 2 N–H and O–H groups in total. The van der Waals surface area contributed by atoms with Gasteiger partial charge in [0, 0.05) is 10.7 Å². The average molecular weight is 347 g/mol. The van der Waals surface area contributed by atoms with Crippen LogP contribution in [0.15, 0.2) is 21.8 Å². The van der Waals surface area contributed by atoms with E-state index in [4.69, 9.17) is 0 Å². The van der Waals surface area contributed by atoms with Gasteiger partial charge in [-0.1, -0.05) is 0 Å². The molecule has 10 heteroatoms. The Morgan fingerprint density at radius 1 is 1.29 bits per heavy atom. The smallest absolute Gasteiger partial charge is 0.210 e. The fourth-order valence-corrected chi connectivity index (χ4v) is 3.83. The highest BCUT2D eigenvalue weighted by molar-refractivity contribution is 9.10. The van der Waals surface area contributed by atoms with Crippen LogP contribution < -0.4 is 5.14 Å². The third kappa shape index (κ3) is 4.30. The van der Waals surface area contributed by atoms with Crippen LogP contribution in [-0.4, -0.2) is 33.3 Å². The first-order valence-electron chi connectivity index (χ1n) is 4.16. The zero-order chi connectivity index (χ0) is 13.3. The summed E-state index contributed by atoms with van der Waals surface area (Å²) in [6.45, 7) is 0. The van der Waals surface area contributed by atoms with E-state index in [2.05, 4.69) is 26.1 Å². The Morgan fingerprint density at radius 3 is 2.35 bits per heavy atom. The van der Waals surface area contributed by atoms with E-state index in [1.54, 1.807) is 0 Å². The number of pyridine rings is 1. The first-order chi connectivity index (χ1) is 7.62. The van der Waals surface area contributed by atoms with Crippen LogP contribution in [-0.2, 0) is 19.9 Å². The number of aromatic nitrogens is 1. The molecule has 1 heterocycles. The maximum atomic E-state index is 13.3. The summed E-state index contributed by atoms with van der Waals surface area (Å²) in [6, 6.07) is 0.927. The topological polar surface area (TPSA) is 107 Å². The minimum absolute atomic E-state index is 0.278. The molecule has 0 spiro atoms. The summed E-state index contributed by atoms with van der Waals surface area (Å²) in [7, 11) is -8.03. The lowest BCUT2D eigenvalue weighted by Gasteiger charge is -2.04. The number of nitrogens with zero attached hydrogens (tertiary/aromatic N) is 1. The van der Waals surface area contributed by atoms with Crippen molar-refractivity contribution in [2.24, 2.45) is 5.14 Å². The van der Waals surface area contributed by atoms with Crippen molar-refractivity contribution < 1.29 is 21.2 Å². The van der Waals surface area contributed by atoms with Gasteiger partial charge in [0.2, 0.25) is 10.0 Å². The first-order valence-corrected chi connectivity index (χ1v) is 8.32. The molecule has 0 saturated carbocycles. The van der Waals surface area contributed by atoms with Gasteiger partial charge in [-0.15, -0.1) is 0 Å². The monoisotopic (exact) mass is 346 g/mol. The van der Waals surface area contributed by atoms with Gasteiger partial charge >= 0.3 is 0 Å². The van der Waals surface area contributed by atoms with Crippen LogP contribution in [0.5, 0.6) is 0 Å². The van der Waals surface area contributed by atoms with Gasteiger partial charge in [0.25, 0.3) is 0 Å². The third-order valence-electron chi connectivity index (χ3n) is 1.71. The number of rotatable bonds is 4. The van der Waals surface area contributed by atoms with E-state index in [9.17, 15) is 21.2 Å². The van der Waals surface area contributed by atoms with Crippen molar-refractivity contribution in [2.75, 3.05) is 11.5 Å². The van der Waals surface area contributed by atoms with Gasteiger partial charge in [-0.2, -0.15) is 0 Å². The fourth-order valence-electron chi connectivity index (χ4n) is 0.953. The van der Waals surface area contributed by atoms with Gasteiger partial charge < -0.3 is 0 Å². The Balaban J connectivity index is 3.06. The van der Waals surface area contributed by atoms with Crippen LogP contribution in [0.1, 0.15) is 0 Å². The Morgan fingerprint density at radius 2 is 1.88 bits per heavy atom. The largest absolute Gasteiger partial charge is 0.241 e.